The molecule has 0 fully saturated rings. The van der Waals surface area contributed by atoms with Crippen LogP contribution in [0.25, 0.3) is 0 Å². The third kappa shape index (κ3) is 4.71. The molecule has 0 amide bonds. The van der Waals surface area contributed by atoms with Crippen LogP contribution in [0.1, 0.15) is 0 Å². The van der Waals surface area contributed by atoms with Crippen LogP contribution in [0.15, 0.2) is 11.8 Å². The summed E-state index contributed by atoms with van der Waals surface area (Å²) in [5, 5.41) is 0. The van der Waals surface area contributed by atoms with E-state index < -0.39 is 11.9 Å². The van der Waals surface area contributed by atoms with E-state index in [9.17, 15) is 9.59 Å². The molecule has 0 unspecified atom stereocenters. The first-order valence-electron chi connectivity index (χ1n) is 3.72. The highest BCUT2D eigenvalue weighted by Crippen LogP contribution is 2.01. The Hall–Kier alpha value is -1.23. The molecule has 0 aromatic carbocycles. The molecule has 0 aromatic rings. The minimum Gasteiger partial charge on any atom is -0.485 e. The van der Waals surface area contributed by atoms with Gasteiger partial charge >= 0.3 is 11.9 Å². The highest BCUT2D eigenvalue weighted by Gasteiger charge is 2.13. The number of ether oxygens (including phenoxy) is 3. The second-order valence-electron chi connectivity index (χ2n) is 2.06. The van der Waals surface area contributed by atoms with E-state index in [1.54, 1.807) is 0 Å². The quantitative estimate of drug-likeness (QED) is 0.293. The van der Waals surface area contributed by atoms with Gasteiger partial charge in [-0.2, -0.15) is 0 Å². The molecule has 0 saturated carbocycles. The molecule has 0 aromatic heterocycles. The van der Waals surface area contributed by atoms with Crippen molar-refractivity contribution >= 4 is 23.5 Å². The molecule has 6 heteroatoms. The van der Waals surface area contributed by atoms with Crippen LogP contribution in [-0.4, -0.2) is 38.6 Å². The summed E-state index contributed by atoms with van der Waals surface area (Å²) >= 11 is 5.34. The molecule has 0 N–H and O–H groups in total. The molecule has 0 radical (unpaired) electrons. The topological polar surface area (TPSA) is 61.8 Å². The lowest BCUT2D eigenvalue weighted by Gasteiger charge is -2.05. The Morgan fingerprint density at radius 3 is 2.36 bits per heavy atom. The highest BCUT2D eigenvalue weighted by atomic mass is 35.5. The number of alkyl halides is 1. The summed E-state index contributed by atoms with van der Waals surface area (Å²) in [5.74, 6) is -1.46. The molecule has 0 rings (SSSR count). The monoisotopic (exact) mass is 222 g/mol. The molecule has 5 nitrogen and oxygen atoms in total. The van der Waals surface area contributed by atoms with Crippen molar-refractivity contribution in [3.05, 3.63) is 11.8 Å². The van der Waals surface area contributed by atoms with Crippen molar-refractivity contribution in [2.45, 2.75) is 0 Å². The maximum Gasteiger partial charge on any atom is 0.373 e. The van der Waals surface area contributed by atoms with Gasteiger partial charge in [-0.1, -0.05) is 0 Å². The molecule has 0 aliphatic carbocycles. The molecule has 0 spiro atoms. The first-order valence-corrected chi connectivity index (χ1v) is 4.25. The summed E-state index contributed by atoms with van der Waals surface area (Å²) in [7, 11) is 2.37. The Labute approximate surface area is 86.6 Å². The average molecular weight is 223 g/mol. The number of halogens is 1. The van der Waals surface area contributed by atoms with E-state index in [1.165, 1.54) is 14.2 Å². The van der Waals surface area contributed by atoms with Gasteiger partial charge in [0.15, 0.2) is 0 Å². The van der Waals surface area contributed by atoms with Crippen LogP contribution in [0.5, 0.6) is 0 Å². The van der Waals surface area contributed by atoms with Gasteiger partial charge in [0.05, 0.1) is 26.2 Å². The fourth-order valence-electron chi connectivity index (χ4n) is 0.575. The van der Waals surface area contributed by atoms with E-state index in [-0.39, 0.29) is 18.2 Å². The van der Waals surface area contributed by atoms with Crippen LogP contribution in [0.2, 0.25) is 0 Å². The maximum atomic E-state index is 11.0. The number of esters is 2. The molecule has 80 valence electrons. The van der Waals surface area contributed by atoms with Crippen LogP contribution >= 0.6 is 11.6 Å². The van der Waals surface area contributed by atoms with Gasteiger partial charge in [-0.25, -0.2) is 9.59 Å². The summed E-state index contributed by atoms with van der Waals surface area (Å²) in [4.78, 5) is 21.8. The van der Waals surface area contributed by atoms with E-state index in [4.69, 9.17) is 16.3 Å². The number of rotatable bonds is 5. The standard InChI is InChI=1S/C8H11ClO5/c1-12-7(10)5-6(8(11)13-2)14-4-3-9/h5H,3-4H2,1-2H3/b6-5-. The van der Waals surface area contributed by atoms with Crippen molar-refractivity contribution in [1.29, 1.82) is 0 Å². The average Bonchev–Trinajstić information content (AvgIpc) is 2.22. The smallest absolute Gasteiger partial charge is 0.373 e. The zero-order chi connectivity index (χ0) is 11.0. The van der Waals surface area contributed by atoms with Crippen molar-refractivity contribution in [2.75, 3.05) is 26.7 Å². The number of hydrogen-bond donors (Lipinski definition) is 0. The molecular formula is C8H11ClO5. The van der Waals surface area contributed by atoms with Crippen molar-refractivity contribution in [3.8, 4) is 0 Å². The van der Waals surface area contributed by atoms with E-state index in [0.29, 0.717) is 0 Å². The first kappa shape index (κ1) is 12.8. The number of carbonyl (C=O) groups is 2. The largest absolute Gasteiger partial charge is 0.485 e. The van der Waals surface area contributed by atoms with E-state index in [1.807, 2.05) is 0 Å². The van der Waals surface area contributed by atoms with Crippen LogP contribution in [0.4, 0.5) is 0 Å². The SMILES string of the molecule is COC(=O)/C=C(\OCCCl)C(=O)OC. The zero-order valence-electron chi connectivity index (χ0n) is 7.91. The van der Waals surface area contributed by atoms with Crippen LogP contribution in [0, 0.1) is 0 Å². The predicted molar refractivity (Wildman–Crippen MR) is 48.8 cm³/mol. The lowest BCUT2D eigenvalue weighted by molar-refractivity contribution is -0.142. The van der Waals surface area contributed by atoms with Crippen molar-refractivity contribution in [3.63, 3.8) is 0 Å². The van der Waals surface area contributed by atoms with Gasteiger partial charge in [0.25, 0.3) is 0 Å². The summed E-state index contributed by atoms with van der Waals surface area (Å²) in [6, 6.07) is 0. The van der Waals surface area contributed by atoms with Gasteiger partial charge in [0.1, 0.15) is 6.61 Å². The summed E-state index contributed by atoms with van der Waals surface area (Å²) in [5.41, 5.74) is 0. The molecule has 0 heterocycles. The minimum absolute atomic E-state index is 0.111. The fourth-order valence-corrected chi connectivity index (χ4v) is 0.652. The summed E-state index contributed by atoms with van der Waals surface area (Å²) in [6.45, 7) is 0.111. The van der Waals surface area contributed by atoms with E-state index >= 15 is 0 Å². The van der Waals surface area contributed by atoms with Crippen molar-refractivity contribution in [1.82, 2.24) is 0 Å². The Balaban J connectivity index is 4.45. The molecule has 0 saturated heterocycles. The number of carbonyl (C=O) groups excluding carboxylic acids is 2. The Bertz CT molecular complexity index is 236. The summed E-state index contributed by atoms with van der Waals surface area (Å²) in [6.07, 6.45) is 0.901. The molecule has 0 aliphatic rings. The Kier molecular flexibility index (Phi) is 6.57. The molecule has 14 heavy (non-hydrogen) atoms. The third-order valence-electron chi connectivity index (χ3n) is 1.17. The van der Waals surface area contributed by atoms with Gasteiger partial charge in [0.2, 0.25) is 5.76 Å². The third-order valence-corrected chi connectivity index (χ3v) is 1.33. The predicted octanol–water partition coefficient (Wildman–Crippen LogP) is 0.472. The molecule has 0 bridgehead atoms. The van der Waals surface area contributed by atoms with Gasteiger partial charge < -0.3 is 14.2 Å². The van der Waals surface area contributed by atoms with Crippen LogP contribution in [-0.2, 0) is 23.8 Å². The first-order chi connectivity index (χ1) is 6.65. The molecule has 0 atom stereocenters. The lowest BCUT2D eigenvalue weighted by atomic mass is 10.4. The second kappa shape index (κ2) is 7.20. The molecular weight excluding hydrogens is 212 g/mol. The fraction of sp³-hybridized carbons (Fsp3) is 0.500. The van der Waals surface area contributed by atoms with Gasteiger partial charge in [0, 0.05) is 0 Å². The highest BCUT2D eigenvalue weighted by molar-refractivity contribution is 6.18. The van der Waals surface area contributed by atoms with Gasteiger partial charge in [-0.3, -0.25) is 0 Å². The number of hydrogen-bond acceptors (Lipinski definition) is 5. The van der Waals surface area contributed by atoms with Crippen LogP contribution in [0.3, 0.4) is 0 Å². The molecule has 0 aliphatic heterocycles. The van der Waals surface area contributed by atoms with Gasteiger partial charge in [-0.15, -0.1) is 11.6 Å². The van der Waals surface area contributed by atoms with Crippen LogP contribution < -0.4 is 0 Å². The Morgan fingerprint density at radius 2 is 1.93 bits per heavy atom. The van der Waals surface area contributed by atoms with E-state index in [0.717, 1.165) is 6.08 Å². The lowest BCUT2D eigenvalue weighted by Crippen LogP contribution is -2.12. The van der Waals surface area contributed by atoms with Crippen molar-refractivity contribution < 1.29 is 23.8 Å². The van der Waals surface area contributed by atoms with Gasteiger partial charge in [-0.05, 0) is 0 Å². The van der Waals surface area contributed by atoms with E-state index in [2.05, 4.69) is 9.47 Å². The Morgan fingerprint density at radius 1 is 1.29 bits per heavy atom. The minimum atomic E-state index is -0.750. The second-order valence-corrected chi connectivity index (χ2v) is 2.44. The summed E-state index contributed by atoms with van der Waals surface area (Å²) < 4.78 is 13.6. The van der Waals surface area contributed by atoms with Crippen molar-refractivity contribution in [2.24, 2.45) is 0 Å². The zero-order valence-corrected chi connectivity index (χ0v) is 8.67. The normalized spacial score (nSPS) is 10.6. The number of methoxy groups -OCH3 is 2. The maximum absolute atomic E-state index is 11.0.